The third-order valence-corrected chi connectivity index (χ3v) is 3.50. The van der Waals surface area contributed by atoms with Crippen LogP contribution in [0, 0.1) is 5.82 Å². The van der Waals surface area contributed by atoms with E-state index in [0.717, 1.165) is 23.0 Å². The lowest BCUT2D eigenvalue weighted by molar-refractivity contribution is 0.623. The first-order valence-electron chi connectivity index (χ1n) is 5.33. The van der Waals surface area contributed by atoms with Crippen molar-refractivity contribution in [1.82, 2.24) is 15.0 Å². The number of rotatable bonds is 2. The summed E-state index contributed by atoms with van der Waals surface area (Å²) in [6.45, 7) is 0. The highest BCUT2D eigenvalue weighted by atomic mass is 79.9. The number of nitrogens with two attached hydrogens (primary N) is 1. The van der Waals surface area contributed by atoms with Crippen LogP contribution in [0.4, 0.5) is 10.2 Å². The lowest BCUT2D eigenvalue weighted by Gasteiger charge is -2.07. The topological polar surface area (TPSA) is 56.7 Å². The minimum absolute atomic E-state index is 0.306. The third-order valence-electron chi connectivity index (χ3n) is 2.83. The van der Waals surface area contributed by atoms with Gasteiger partial charge in [-0.3, -0.25) is 0 Å². The molecule has 2 aromatic rings. The van der Waals surface area contributed by atoms with Crippen LogP contribution in [0.3, 0.4) is 0 Å². The fraction of sp³-hybridized carbons (Fsp3) is 0.273. The Labute approximate surface area is 106 Å². The second-order valence-corrected chi connectivity index (χ2v) is 5.00. The van der Waals surface area contributed by atoms with E-state index >= 15 is 0 Å². The SMILES string of the molecule is Nc1nnn(-c2cc(F)ccc2Br)c1C1CC1. The molecule has 0 spiro atoms. The van der Waals surface area contributed by atoms with Gasteiger partial charge in [-0.1, -0.05) is 5.21 Å². The van der Waals surface area contributed by atoms with Crippen LogP contribution < -0.4 is 5.73 Å². The summed E-state index contributed by atoms with van der Waals surface area (Å²) in [4.78, 5) is 0. The van der Waals surface area contributed by atoms with Gasteiger partial charge in [0.15, 0.2) is 5.82 Å². The van der Waals surface area contributed by atoms with Gasteiger partial charge in [0.1, 0.15) is 5.82 Å². The molecule has 0 bridgehead atoms. The zero-order valence-corrected chi connectivity index (χ0v) is 10.5. The Bertz CT molecular complexity index is 577. The highest BCUT2D eigenvalue weighted by Gasteiger charge is 2.31. The van der Waals surface area contributed by atoms with Gasteiger partial charge in [-0.15, -0.1) is 5.10 Å². The Morgan fingerprint density at radius 1 is 1.41 bits per heavy atom. The van der Waals surface area contributed by atoms with Crippen LogP contribution in [0.25, 0.3) is 5.69 Å². The maximum atomic E-state index is 13.3. The number of aromatic nitrogens is 3. The minimum atomic E-state index is -0.306. The van der Waals surface area contributed by atoms with Crippen molar-refractivity contribution in [2.45, 2.75) is 18.8 Å². The molecule has 0 aliphatic heterocycles. The van der Waals surface area contributed by atoms with E-state index in [-0.39, 0.29) is 5.82 Å². The molecule has 6 heteroatoms. The zero-order valence-electron chi connectivity index (χ0n) is 8.90. The molecule has 17 heavy (non-hydrogen) atoms. The average Bonchev–Trinajstić information content (AvgIpc) is 3.06. The molecule has 0 amide bonds. The van der Waals surface area contributed by atoms with Crippen molar-refractivity contribution in [1.29, 1.82) is 0 Å². The summed E-state index contributed by atoms with van der Waals surface area (Å²) >= 11 is 3.38. The molecule has 0 unspecified atom stereocenters. The number of halogens is 2. The van der Waals surface area contributed by atoms with Crippen molar-refractivity contribution in [2.24, 2.45) is 0 Å². The molecule has 0 radical (unpaired) electrons. The van der Waals surface area contributed by atoms with Gasteiger partial charge >= 0.3 is 0 Å². The van der Waals surface area contributed by atoms with Gasteiger partial charge in [-0.05, 0) is 40.9 Å². The summed E-state index contributed by atoms with van der Waals surface area (Å²) in [7, 11) is 0. The molecule has 1 heterocycles. The quantitative estimate of drug-likeness (QED) is 0.927. The maximum absolute atomic E-state index is 13.3. The van der Waals surface area contributed by atoms with Gasteiger partial charge in [0, 0.05) is 16.5 Å². The van der Waals surface area contributed by atoms with Gasteiger partial charge in [-0.25, -0.2) is 9.07 Å². The Morgan fingerprint density at radius 3 is 2.88 bits per heavy atom. The molecule has 0 atom stereocenters. The largest absolute Gasteiger partial charge is 0.381 e. The lowest BCUT2D eigenvalue weighted by Crippen LogP contribution is -2.04. The average molecular weight is 297 g/mol. The van der Waals surface area contributed by atoms with Crippen LogP contribution in [0.2, 0.25) is 0 Å². The van der Waals surface area contributed by atoms with E-state index in [2.05, 4.69) is 26.2 Å². The van der Waals surface area contributed by atoms with Gasteiger partial charge < -0.3 is 5.73 Å². The molecular weight excluding hydrogens is 287 g/mol. The summed E-state index contributed by atoms with van der Waals surface area (Å²) < 4.78 is 15.7. The minimum Gasteiger partial charge on any atom is -0.381 e. The zero-order chi connectivity index (χ0) is 12.0. The van der Waals surface area contributed by atoms with Gasteiger partial charge in [0.05, 0.1) is 11.4 Å². The Balaban J connectivity index is 2.17. The molecule has 1 aromatic carbocycles. The maximum Gasteiger partial charge on any atom is 0.169 e. The van der Waals surface area contributed by atoms with Gasteiger partial charge in [0.25, 0.3) is 0 Å². The van der Waals surface area contributed by atoms with E-state index in [1.807, 2.05) is 0 Å². The van der Waals surface area contributed by atoms with E-state index in [1.54, 1.807) is 10.7 Å². The van der Waals surface area contributed by atoms with E-state index in [4.69, 9.17) is 5.73 Å². The molecule has 1 aromatic heterocycles. The van der Waals surface area contributed by atoms with E-state index in [9.17, 15) is 4.39 Å². The van der Waals surface area contributed by atoms with Crippen LogP contribution in [0.5, 0.6) is 0 Å². The monoisotopic (exact) mass is 296 g/mol. The number of nitrogens with zero attached hydrogens (tertiary/aromatic N) is 3. The standard InChI is InChI=1S/C11H10BrFN4/c12-8-4-3-7(13)5-9(8)17-10(6-1-2-6)11(14)15-16-17/h3-6H,1-2,14H2. The van der Waals surface area contributed by atoms with E-state index < -0.39 is 0 Å². The predicted octanol–water partition coefficient (Wildman–Crippen LogP) is 2.63. The molecule has 1 saturated carbocycles. The first-order valence-corrected chi connectivity index (χ1v) is 6.12. The van der Waals surface area contributed by atoms with Crippen LogP contribution >= 0.6 is 15.9 Å². The van der Waals surface area contributed by atoms with Crippen molar-refractivity contribution >= 4 is 21.7 Å². The highest BCUT2D eigenvalue weighted by Crippen LogP contribution is 2.43. The molecule has 88 valence electrons. The Kier molecular flexibility index (Phi) is 2.39. The van der Waals surface area contributed by atoms with Crippen LogP contribution in [-0.2, 0) is 0 Å². The lowest BCUT2D eigenvalue weighted by atomic mass is 10.2. The Hall–Kier alpha value is -1.43. The number of anilines is 1. The number of hydrogen-bond acceptors (Lipinski definition) is 3. The summed E-state index contributed by atoms with van der Waals surface area (Å²) in [5.41, 5.74) is 7.33. The predicted molar refractivity (Wildman–Crippen MR) is 65.4 cm³/mol. The molecule has 1 aliphatic rings. The molecule has 1 aliphatic carbocycles. The fourth-order valence-corrected chi connectivity index (χ4v) is 2.28. The summed E-state index contributed by atoms with van der Waals surface area (Å²) in [6.07, 6.45) is 2.18. The normalized spacial score (nSPS) is 15.2. The first-order chi connectivity index (χ1) is 8.16. The van der Waals surface area contributed by atoms with Crippen LogP contribution in [-0.4, -0.2) is 15.0 Å². The third kappa shape index (κ3) is 1.82. The first kappa shape index (κ1) is 10.7. The Morgan fingerprint density at radius 2 is 2.18 bits per heavy atom. The van der Waals surface area contributed by atoms with Crippen molar-refractivity contribution in [2.75, 3.05) is 5.73 Å². The number of hydrogen-bond donors (Lipinski definition) is 1. The molecule has 2 N–H and O–H groups in total. The van der Waals surface area contributed by atoms with Gasteiger partial charge in [-0.2, -0.15) is 0 Å². The second kappa shape index (κ2) is 3.80. The smallest absolute Gasteiger partial charge is 0.169 e. The van der Waals surface area contributed by atoms with E-state index in [0.29, 0.717) is 17.4 Å². The molecule has 1 fully saturated rings. The van der Waals surface area contributed by atoms with Crippen molar-refractivity contribution in [3.63, 3.8) is 0 Å². The van der Waals surface area contributed by atoms with Crippen molar-refractivity contribution in [3.8, 4) is 5.69 Å². The van der Waals surface area contributed by atoms with E-state index in [1.165, 1.54) is 12.1 Å². The van der Waals surface area contributed by atoms with Crippen LogP contribution in [0.15, 0.2) is 22.7 Å². The highest BCUT2D eigenvalue weighted by molar-refractivity contribution is 9.10. The van der Waals surface area contributed by atoms with Gasteiger partial charge in [0.2, 0.25) is 0 Å². The summed E-state index contributed by atoms with van der Waals surface area (Å²) in [5, 5.41) is 7.87. The number of benzene rings is 1. The molecule has 3 rings (SSSR count). The molecular formula is C11H10BrFN4. The summed E-state index contributed by atoms with van der Waals surface area (Å²) in [6, 6.07) is 4.47. The molecule has 0 saturated heterocycles. The van der Waals surface area contributed by atoms with Crippen molar-refractivity contribution in [3.05, 3.63) is 34.2 Å². The van der Waals surface area contributed by atoms with Crippen molar-refractivity contribution < 1.29 is 4.39 Å². The van der Waals surface area contributed by atoms with Crippen LogP contribution in [0.1, 0.15) is 24.5 Å². The number of nitrogen functional groups attached to an aromatic ring is 1. The fourth-order valence-electron chi connectivity index (χ4n) is 1.87. The molecule has 4 nitrogen and oxygen atoms in total. The second-order valence-electron chi connectivity index (χ2n) is 4.14. The summed E-state index contributed by atoms with van der Waals surface area (Å²) in [5.74, 6) is 0.530.